The van der Waals surface area contributed by atoms with Crippen LogP contribution in [0.2, 0.25) is 0 Å². The van der Waals surface area contributed by atoms with Crippen molar-refractivity contribution in [1.29, 1.82) is 0 Å². The van der Waals surface area contributed by atoms with E-state index in [0.717, 1.165) is 12.0 Å². The molecule has 0 aliphatic carbocycles. The minimum atomic E-state index is -0.452. The number of aliphatic hydroxyl groups excluding tert-OH is 1. The van der Waals surface area contributed by atoms with Crippen molar-refractivity contribution < 1.29 is 5.11 Å². The van der Waals surface area contributed by atoms with Gasteiger partial charge in [-0.25, -0.2) is 0 Å². The van der Waals surface area contributed by atoms with Gasteiger partial charge < -0.3 is 10.4 Å². The zero-order chi connectivity index (χ0) is 14.4. The second kappa shape index (κ2) is 9.67. The molecule has 0 aromatic heterocycles. The van der Waals surface area contributed by atoms with E-state index in [-0.39, 0.29) is 18.4 Å². The Morgan fingerprint density at radius 3 is 2.10 bits per heavy atom. The first-order valence-electron chi connectivity index (χ1n) is 7.14. The third-order valence-electron chi connectivity index (χ3n) is 3.23. The molecule has 20 heavy (non-hydrogen) atoms. The standard InChI is InChI=1S/C16H27NOS.ClH/c1-6-12(4)17-13(5)16(18)14-7-9-15(10-8-14)19-11(2)3;/h7-13,16-18H,6H2,1-5H3;1H. The minimum absolute atomic E-state index is 0. The largest absolute Gasteiger partial charge is 0.387 e. The first-order valence-corrected chi connectivity index (χ1v) is 8.02. The number of thioether (sulfide) groups is 1. The molecule has 0 spiro atoms. The number of benzene rings is 1. The van der Waals surface area contributed by atoms with Crippen LogP contribution >= 0.6 is 24.2 Å². The highest BCUT2D eigenvalue weighted by atomic mass is 35.5. The second-order valence-electron chi connectivity index (χ2n) is 5.45. The minimum Gasteiger partial charge on any atom is -0.387 e. The Balaban J connectivity index is 0.00000361. The highest BCUT2D eigenvalue weighted by molar-refractivity contribution is 7.99. The van der Waals surface area contributed by atoms with Crippen molar-refractivity contribution in [3.8, 4) is 0 Å². The molecule has 0 aliphatic heterocycles. The van der Waals surface area contributed by atoms with E-state index in [1.165, 1.54) is 4.90 Å². The summed E-state index contributed by atoms with van der Waals surface area (Å²) in [6.45, 7) is 10.7. The van der Waals surface area contributed by atoms with Crippen molar-refractivity contribution >= 4 is 24.2 Å². The van der Waals surface area contributed by atoms with Crippen LogP contribution in [0.5, 0.6) is 0 Å². The molecular formula is C16H28ClNOS. The predicted octanol–water partition coefficient (Wildman–Crippen LogP) is 4.42. The molecule has 0 fully saturated rings. The van der Waals surface area contributed by atoms with Gasteiger partial charge in [0.25, 0.3) is 0 Å². The Morgan fingerprint density at radius 1 is 1.10 bits per heavy atom. The van der Waals surface area contributed by atoms with Crippen LogP contribution in [0.4, 0.5) is 0 Å². The van der Waals surface area contributed by atoms with Gasteiger partial charge in [0.1, 0.15) is 0 Å². The third kappa shape index (κ3) is 6.49. The molecule has 1 aromatic rings. The summed E-state index contributed by atoms with van der Waals surface area (Å²) in [6.07, 6.45) is 0.619. The summed E-state index contributed by atoms with van der Waals surface area (Å²) >= 11 is 1.84. The summed E-state index contributed by atoms with van der Waals surface area (Å²) in [4.78, 5) is 1.26. The van der Waals surface area contributed by atoms with Gasteiger partial charge in [0.2, 0.25) is 0 Å². The molecular weight excluding hydrogens is 290 g/mol. The summed E-state index contributed by atoms with van der Waals surface area (Å²) in [6, 6.07) is 8.76. The lowest BCUT2D eigenvalue weighted by atomic mass is 10.0. The first kappa shape index (κ1) is 19.8. The average Bonchev–Trinajstić information content (AvgIpc) is 2.37. The summed E-state index contributed by atoms with van der Waals surface area (Å²) in [5.41, 5.74) is 0.983. The summed E-state index contributed by atoms with van der Waals surface area (Å²) in [5.74, 6) is 0. The predicted molar refractivity (Wildman–Crippen MR) is 92.0 cm³/mol. The van der Waals surface area contributed by atoms with Crippen LogP contribution in [0.25, 0.3) is 0 Å². The van der Waals surface area contributed by atoms with Crippen LogP contribution < -0.4 is 5.32 Å². The van der Waals surface area contributed by atoms with E-state index >= 15 is 0 Å². The van der Waals surface area contributed by atoms with E-state index in [1.807, 2.05) is 30.8 Å². The van der Waals surface area contributed by atoms with Crippen molar-refractivity contribution in [2.24, 2.45) is 0 Å². The molecule has 0 radical (unpaired) electrons. The molecule has 1 rings (SSSR count). The highest BCUT2D eigenvalue weighted by Crippen LogP contribution is 2.25. The van der Waals surface area contributed by atoms with E-state index in [0.29, 0.717) is 11.3 Å². The van der Waals surface area contributed by atoms with Crippen LogP contribution in [0.15, 0.2) is 29.2 Å². The zero-order valence-electron chi connectivity index (χ0n) is 13.1. The number of nitrogens with one attached hydrogen (secondary N) is 1. The van der Waals surface area contributed by atoms with Crippen molar-refractivity contribution in [1.82, 2.24) is 5.32 Å². The third-order valence-corrected chi connectivity index (χ3v) is 4.24. The lowest BCUT2D eigenvalue weighted by molar-refractivity contribution is 0.130. The zero-order valence-corrected chi connectivity index (χ0v) is 14.7. The monoisotopic (exact) mass is 317 g/mol. The number of rotatable bonds is 7. The molecule has 0 saturated heterocycles. The quantitative estimate of drug-likeness (QED) is 0.730. The Morgan fingerprint density at radius 2 is 1.65 bits per heavy atom. The second-order valence-corrected chi connectivity index (χ2v) is 7.10. The fourth-order valence-electron chi connectivity index (χ4n) is 1.96. The Hall–Kier alpha value is -0.220. The molecule has 0 amide bonds. The molecule has 3 atom stereocenters. The molecule has 0 heterocycles. The van der Waals surface area contributed by atoms with Crippen molar-refractivity contribution in [2.45, 2.75) is 69.4 Å². The highest BCUT2D eigenvalue weighted by Gasteiger charge is 2.17. The average molecular weight is 318 g/mol. The van der Waals surface area contributed by atoms with Gasteiger partial charge in [-0.3, -0.25) is 0 Å². The number of hydrogen-bond donors (Lipinski definition) is 2. The van der Waals surface area contributed by atoms with Crippen molar-refractivity contribution in [3.05, 3.63) is 29.8 Å². The maximum atomic E-state index is 10.3. The summed E-state index contributed by atoms with van der Waals surface area (Å²) in [5, 5.41) is 14.3. The molecule has 2 N–H and O–H groups in total. The van der Waals surface area contributed by atoms with E-state index in [9.17, 15) is 5.11 Å². The Bertz CT molecular complexity index is 369. The Labute approximate surface area is 134 Å². The van der Waals surface area contributed by atoms with Crippen LogP contribution in [-0.4, -0.2) is 22.4 Å². The van der Waals surface area contributed by atoms with Crippen LogP contribution in [-0.2, 0) is 0 Å². The van der Waals surface area contributed by atoms with Crippen LogP contribution in [0.3, 0.4) is 0 Å². The lowest BCUT2D eigenvalue weighted by Gasteiger charge is -2.24. The van der Waals surface area contributed by atoms with Gasteiger partial charge in [-0.2, -0.15) is 0 Å². The van der Waals surface area contributed by atoms with Gasteiger partial charge in [-0.1, -0.05) is 32.9 Å². The molecule has 3 unspecified atom stereocenters. The van der Waals surface area contributed by atoms with Crippen molar-refractivity contribution in [3.63, 3.8) is 0 Å². The van der Waals surface area contributed by atoms with E-state index in [2.05, 4.69) is 45.1 Å². The molecule has 0 saturated carbocycles. The van der Waals surface area contributed by atoms with Crippen molar-refractivity contribution in [2.75, 3.05) is 0 Å². The van der Waals surface area contributed by atoms with Gasteiger partial charge in [-0.05, 0) is 38.0 Å². The van der Waals surface area contributed by atoms with Gasteiger partial charge in [0.15, 0.2) is 0 Å². The van der Waals surface area contributed by atoms with Gasteiger partial charge >= 0.3 is 0 Å². The Kier molecular flexibility index (Phi) is 9.56. The molecule has 2 nitrogen and oxygen atoms in total. The molecule has 1 aromatic carbocycles. The van der Waals surface area contributed by atoms with E-state index < -0.39 is 6.10 Å². The maximum absolute atomic E-state index is 10.3. The molecule has 0 bridgehead atoms. The number of aliphatic hydroxyl groups is 1. The first-order chi connectivity index (χ1) is 8.93. The van der Waals surface area contributed by atoms with Gasteiger partial charge in [0.05, 0.1) is 6.10 Å². The summed E-state index contributed by atoms with van der Waals surface area (Å²) < 4.78 is 0. The van der Waals surface area contributed by atoms with E-state index in [1.54, 1.807) is 0 Å². The summed E-state index contributed by atoms with van der Waals surface area (Å²) in [7, 11) is 0. The van der Waals surface area contributed by atoms with Gasteiger partial charge in [0, 0.05) is 22.2 Å². The van der Waals surface area contributed by atoms with E-state index in [4.69, 9.17) is 0 Å². The molecule has 116 valence electrons. The fraction of sp³-hybridized carbons (Fsp3) is 0.625. The van der Waals surface area contributed by atoms with Crippen LogP contribution in [0.1, 0.15) is 52.7 Å². The normalized spacial score (nSPS) is 15.6. The smallest absolute Gasteiger partial charge is 0.0940 e. The fourth-order valence-corrected chi connectivity index (χ4v) is 2.80. The number of hydrogen-bond acceptors (Lipinski definition) is 3. The number of halogens is 1. The van der Waals surface area contributed by atoms with Gasteiger partial charge in [-0.15, -0.1) is 24.2 Å². The molecule has 4 heteroatoms. The van der Waals surface area contributed by atoms with Crippen LogP contribution in [0, 0.1) is 0 Å². The topological polar surface area (TPSA) is 32.3 Å². The SMILES string of the molecule is CCC(C)NC(C)C(O)c1ccc(SC(C)C)cc1.Cl. The lowest BCUT2D eigenvalue weighted by Crippen LogP contribution is -2.38. The maximum Gasteiger partial charge on any atom is 0.0940 e. The molecule has 0 aliphatic rings.